The van der Waals surface area contributed by atoms with Gasteiger partial charge in [0, 0.05) is 11.3 Å². The smallest absolute Gasteiger partial charge is 0.343 e. The summed E-state index contributed by atoms with van der Waals surface area (Å²) >= 11 is 0. The van der Waals surface area contributed by atoms with Gasteiger partial charge >= 0.3 is 5.97 Å². The molecule has 0 aliphatic heterocycles. The quantitative estimate of drug-likeness (QED) is 0.112. The molecule has 4 rings (SSSR count). The summed E-state index contributed by atoms with van der Waals surface area (Å²) in [5.41, 5.74) is 4.11. The summed E-state index contributed by atoms with van der Waals surface area (Å²) in [5, 5.41) is 3.95. The standard InChI is InChI=1S/C30H27N3O6S/c1-2-20-38-26-18-12-24(13-19-26)30(35)39-27-16-8-22(9-17-27)21-31-32-29(34)23-10-14-25(15-11-23)33-40(36,37)28-6-4-3-5-7-28/h3-19,21,33H,2,20H2,1H3,(H,32,34). The molecule has 0 atom stereocenters. The molecule has 0 unspecified atom stereocenters. The van der Waals surface area contributed by atoms with Gasteiger partial charge in [-0.15, -0.1) is 0 Å². The van der Waals surface area contributed by atoms with Crippen LogP contribution in [0.15, 0.2) is 113 Å². The zero-order chi connectivity index (χ0) is 28.4. The van der Waals surface area contributed by atoms with Crippen LogP contribution in [0.5, 0.6) is 11.5 Å². The van der Waals surface area contributed by atoms with Crippen molar-refractivity contribution in [3.63, 3.8) is 0 Å². The number of sulfonamides is 1. The van der Waals surface area contributed by atoms with Gasteiger partial charge in [-0.25, -0.2) is 18.6 Å². The lowest BCUT2D eigenvalue weighted by atomic mass is 10.2. The lowest BCUT2D eigenvalue weighted by Gasteiger charge is -2.08. The molecule has 4 aromatic rings. The zero-order valence-electron chi connectivity index (χ0n) is 21.6. The zero-order valence-corrected chi connectivity index (χ0v) is 22.4. The van der Waals surface area contributed by atoms with Crippen molar-refractivity contribution in [2.75, 3.05) is 11.3 Å². The molecular weight excluding hydrogens is 530 g/mol. The highest BCUT2D eigenvalue weighted by atomic mass is 32.2. The monoisotopic (exact) mass is 557 g/mol. The van der Waals surface area contributed by atoms with Gasteiger partial charge in [0.15, 0.2) is 0 Å². The lowest BCUT2D eigenvalue weighted by molar-refractivity contribution is 0.0734. The Morgan fingerprint density at radius 1 is 0.800 bits per heavy atom. The molecule has 0 saturated heterocycles. The van der Waals surface area contributed by atoms with Gasteiger partial charge in [-0.05, 0) is 96.9 Å². The van der Waals surface area contributed by atoms with E-state index in [2.05, 4.69) is 15.2 Å². The summed E-state index contributed by atoms with van der Waals surface area (Å²) in [5.74, 6) is 0.0953. The van der Waals surface area contributed by atoms with Crippen molar-refractivity contribution in [2.45, 2.75) is 18.2 Å². The van der Waals surface area contributed by atoms with E-state index >= 15 is 0 Å². The minimum Gasteiger partial charge on any atom is -0.494 e. The number of hydrogen-bond donors (Lipinski definition) is 2. The fourth-order valence-corrected chi connectivity index (χ4v) is 4.51. The number of ether oxygens (including phenoxy) is 2. The summed E-state index contributed by atoms with van der Waals surface area (Å²) in [6.45, 7) is 2.63. The fourth-order valence-electron chi connectivity index (χ4n) is 3.43. The van der Waals surface area contributed by atoms with E-state index in [9.17, 15) is 18.0 Å². The van der Waals surface area contributed by atoms with E-state index < -0.39 is 21.9 Å². The summed E-state index contributed by atoms with van der Waals surface area (Å²) in [7, 11) is -3.73. The first-order valence-corrected chi connectivity index (χ1v) is 13.9. The molecule has 40 heavy (non-hydrogen) atoms. The van der Waals surface area contributed by atoms with Crippen LogP contribution in [-0.2, 0) is 10.0 Å². The van der Waals surface area contributed by atoms with Gasteiger partial charge < -0.3 is 9.47 Å². The van der Waals surface area contributed by atoms with Crippen LogP contribution in [0.2, 0.25) is 0 Å². The van der Waals surface area contributed by atoms with Gasteiger partial charge in [0.05, 0.1) is 23.3 Å². The van der Waals surface area contributed by atoms with E-state index in [-0.39, 0.29) is 4.90 Å². The van der Waals surface area contributed by atoms with Crippen molar-refractivity contribution >= 4 is 33.8 Å². The van der Waals surface area contributed by atoms with Crippen LogP contribution in [0.4, 0.5) is 5.69 Å². The second-order valence-electron chi connectivity index (χ2n) is 8.53. The molecule has 0 spiro atoms. The summed E-state index contributed by atoms with van der Waals surface area (Å²) in [6.07, 6.45) is 2.34. The van der Waals surface area contributed by atoms with Crippen LogP contribution >= 0.6 is 0 Å². The largest absolute Gasteiger partial charge is 0.494 e. The second-order valence-corrected chi connectivity index (χ2v) is 10.2. The highest BCUT2D eigenvalue weighted by molar-refractivity contribution is 7.92. The summed E-state index contributed by atoms with van der Waals surface area (Å²) < 4.78 is 38.3. The Kier molecular flexibility index (Phi) is 9.27. The van der Waals surface area contributed by atoms with Gasteiger partial charge in [0.2, 0.25) is 0 Å². The van der Waals surface area contributed by atoms with Crippen LogP contribution < -0.4 is 19.6 Å². The Bertz CT molecular complexity index is 1570. The predicted octanol–water partition coefficient (Wildman–Crippen LogP) is 5.26. The van der Waals surface area contributed by atoms with Gasteiger partial charge in [-0.2, -0.15) is 5.10 Å². The van der Waals surface area contributed by atoms with Crippen LogP contribution in [-0.4, -0.2) is 33.1 Å². The van der Waals surface area contributed by atoms with Crippen molar-refractivity contribution in [3.05, 3.63) is 120 Å². The van der Waals surface area contributed by atoms with E-state index in [4.69, 9.17) is 9.47 Å². The Hall–Kier alpha value is -4.96. The lowest BCUT2D eigenvalue weighted by Crippen LogP contribution is -2.18. The van der Waals surface area contributed by atoms with Crippen molar-refractivity contribution < 1.29 is 27.5 Å². The number of anilines is 1. The SMILES string of the molecule is CCCOc1ccc(C(=O)Oc2ccc(C=NNC(=O)c3ccc(NS(=O)(=O)c4ccccc4)cc3)cc2)cc1. The van der Waals surface area contributed by atoms with Crippen molar-refractivity contribution in [1.29, 1.82) is 0 Å². The maximum Gasteiger partial charge on any atom is 0.343 e. The number of nitrogens with one attached hydrogen (secondary N) is 2. The number of benzene rings is 4. The molecule has 0 aromatic heterocycles. The number of hydrogen-bond acceptors (Lipinski definition) is 7. The molecule has 0 radical (unpaired) electrons. The van der Waals surface area contributed by atoms with E-state index in [1.165, 1.54) is 42.6 Å². The van der Waals surface area contributed by atoms with Crippen LogP contribution in [0.3, 0.4) is 0 Å². The van der Waals surface area contributed by atoms with Gasteiger partial charge in [0.1, 0.15) is 11.5 Å². The third kappa shape index (κ3) is 7.78. The van der Waals surface area contributed by atoms with Crippen molar-refractivity contribution in [1.82, 2.24) is 5.43 Å². The molecule has 1 amide bonds. The molecule has 204 valence electrons. The Morgan fingerprint density at radius 3 is 2.08 bits per heavy atom. The molecule has 10 heteroatoms. The molecule has 0 aliphatic rings. The number of amides is 1. The summed E-state index contributed by atoms with van der Waals surface area (Å²) in [4.78, 5) is 24.9. The van der Waals surface area contributed by atoms with Crippen LogP contribution in [0, 0.1) is 0 Å². The van der Waals surface area contributed by atoms with E-state index in [1.807, 2.05) is 6.92 Å². The summed E-state index contributed by atoms with van der Waals surface area (Å²) in [6, 6.07) is 27.3. The molecule has 0 bridgehead atoms. The first-order chi connectivity index (χ1) is 19.3. The first kappa shape index (κ1) is 28.1. The number of carbonyl (C=O) groups is 2. The average Bonchev–Trinajstić information content (AvgIpc) is 2.98. The van der Waals surface area contributed by atoms with E-state index in [0.29, 0.717) is 40.5 Å². The highest BCUT2D eigenvalue weighted by Gasteiger charge is 2.14. The van der Waals surface area contributed by atoms with Crippen LogP contribution in [0.1, 0.15) is 39.6 Å². The first-order valence-electron chi connectivity index (χ1n) is 12.4. The molecule has 2 N–H and O–H groups in total. The molecule has 0 saturated carbocycles. The van der Waals surface area contributed by atoms with Crippen molar-refractivity contribution in [2.24, 2.45) is 5.10 Å². The topological polar surface area (TPSA) is 123 Å². The van der Waals surface area contributed by atoms with Gasteiger partial charge in [-0.1, -0.05) is 25.1 Å². The highest BCUT2D eigenvalue weighted by Crippen LogP contribution is 2.18. The molecule has 4 aromatic carbocycles. The van der Waals surface area contributed by atoms with E-state index in [0.717, 1.165) is 6.42 Å². The Morgan fingerprint density at radius 2 is 1.43 bits per heavy atom. The third-order valence-electron chi connectivity index (χ3n) is 5.49. The average molecular weight is 558 g/mol. The minimum atomic E-state index is -3.73. The maximum absolute atomic E-state index is 12.4. The number of nitrogens with zero attached hydrogens (tertiary/aromatic N) is 1. The normalized spacial score (nSPS) is 11.1. The van der Waals surface area contributed by atoms with Crippen molar-refractivity contribution in [3.8, 4) is 11.5 Å². The number of hydrazone groups is 1. The predicted molar refractivity (Wildman–Crippen MR) is 152 cm³/mol. The van der Waals surface area contributed by atoms with E-state index in [1.54, 1.807) is 66.7 Å². The molecule has 0 fully saturated rings. The third-order valence-corrected chi connectivity index (χ3v) is 6.88. The molecule has 0 aliphatic carbocycles. The number of carbonyl (C=O) groups excluding carboxylic acids is 2. The van der Waals surface area contributed by atoms with Crippen LogP contribution in [0.25, 0.3) is 0 Å². The maximum atomic E-state index is 12.4. The Balaban J connectivity index is 1.27. The van der Waals surface area contributed by atoms with Gasteiger partial charge in [-0.3, -0.25) is 9.52 Å². The number of esters is 1. The molecule has 0 heterocycles. The molecule has 9 nitrogen and oxygen atoms in total. The minimum absolute atomic E-state index is 0.139. The Labute approximate surface area is 232 Å². The number of rotatable bonds is 11. The second kappa shape index (κ2) is 13.2. The van der Waals surface area contributed by atoms with Gasteiger partial charge in [0.25, 0.3) is 15.9 Å². The molecular formula is C30H27N3O6S. The fraction of sp³-hybridized carbons (Fsp3) is 0.100.